The third-order valence-electron chi connectivity index (χ3n) is 8.03. The monoisotopic (exact) mass is 407 g/mol. The lowest BCUT2D eigenvalue weighted by Crippen LogP contribution is -2.57. The van der Waals surface area contributed by atoms with E-state index < -0.39 is 0 Å². The minimum Gasteiger partial charge on any atom is -0.379 e. The van der Waals surface area contributed by atoms with Crippen LogP contribution in [0.2, 0.25) is 0 Å². The molecule has 1 aliphatic carbocycles. The zero-order chi connectivity index (χ0) is 19.5. The van der Waals surface area contributed by atoms with Gasteiger partial charge in [-0.3, -0.25) is 20.0 Å². The van der Waals surface area contributed by atoms with Crippen molar-refractivity contribution in [3.05, 3.63) is 0 Å². The van der Waals surface area contributed by atoms with Crippen LogP contribution in [0.3, 0.4) is 0 Å². The first-order valence-corrected chi connectivity index (χ1v) is 12.3. The van der Waals surface area contributed by atoms with Gasteiger partial charge in [-0.15, -0.1) is 0 Å². The Morgan fingerprint density at radius 1 is 0.897 bits per heavy atom. The number of hydroxylamine groups is 1. The highest BCUT2D eigenvalue weighted by molar-refractivity contribution is 4.92. The highest BCUT2D eigenvalue weighted by Gasteiger charge is 2.41. The number of likely N-dealkylation sites (tertiary alicyclic amines) is 1. The SMILES string of the molecule is C1CCC(CN2CCC[C@H]2C2NC(C3CCNC(N4CCOCC4)C3)NO2)CC1. The minimum atomic E-state index is 0.141. The van der Waals surface area contributed by atoms with Crippen LogP contribution in [-0.2, 0) is 9.57 Å². The van der Waals surface area contributed by atoms with Gasteiger partial charge in [-0.25, -0.2) is 0 Å². The molecule has 7 nitrogen and oxygen atoms in total. The van der Waals surface area contributed by atoms with E-state index in [2.05, 4.69) is 25.9 Å². The van der Waals surface area contributed by atoms with Gasteiger partial charge in [0.2, 0.25) is 0 Å². The lowest BCUT2D eigenvalue weighted by molar-refractivity contribution is -0.0305. The topological polar surface area (TPSA) is 61.0 Å². The number of nitrogens with zero attached hydrogens (tertiary/aromatic N) is 2. The summed E-state index contributed by atoms with van der Waals surface area (Å²) in [6, 6.07) is 0.534. The molecule has 0 aromatic heterocycles. The number of nitrogens with one attached hydrogen (secondary N) is 3. The van der Waals surface area contributed by atoms with Crippen LogP contribution in [0.4, 0.5) is 0 Å². The van der Waals surface area contributed by atoms with Crippen molar-refractivity contribution < 1.29 is 9.57 Å². The fraction of sp³-hybridized carbons (Fsp3) is 1.00. The number of morpholine rings is 1. The van der Waals surface area contributed by atoms with Gasteiger partial charge in [0.15, 0.2) is 0 Å². The number of ether oxygens (including phenoxy) is 1. The molecule has 0 bridgehead atoms. The molecular weight excluding hydrogens is 366 g/mol. The van der Waals surface area contributed by atoms with E-state index in [1.807, 2.05) is 0 Å². The maximum Gasteiger partial charge on any atom is 0.146 e. The van der Waals surface area contributed by atoms with Gasteiger partial charge in [0.25, 0.3) is 0 Å². The number of hydrogen-bond acceptors (Lipinski definition) is 7. The summed E-state index contributed by atoms with van der Waals surface area (Å²) in [7, 11) is 0. The molecule has 5 atom stereocenters. The van der Waals surface area contributed by atoms with Gasteiger partial charge in [-0.05, 0) is 63.5 Å². The molecule has 29 heavy (non-hydrogen) atoms. The summed E-state index contributed by atoms with van der Waals surface area (Å²) in [5.41, 5.74) is 3.39. The maximum absolute atomic E-state index is 6.15. The minimum absolute atomic E-state index is 0.141. The summed E-state index contributed by atoms with van der Waals surface area (Å²) in [6.45, 7) is 7.46. The molecule has 0 spiro atoms. The Labute approximate surface area is 176 Å². The molecule has 3 N–H and O–H groups in total. The van der Waals surface area contributed by atoms with Crippen molar-refractivity contribution in [2.24, 2.45) is 11.8 Å². The first-order valence-electron chi connectivity index (χ1n) is 12.3. The van der Waals surface area contributed by atoms with Crippen LogP contribution in [0.15, 0.2) is 0 Å². The quantitative estimate of drug-likeness (QED) is 0.638. The van der Waals surface area contributed by atoms with Crippen LogP contribution in [-0.4, -0.2) is 80.3 Å². The Bertz CT molecular complexity index is 511. The first-order chi connectivity index (χ1) is 14.4. The predicted molar refractivity (Wildman–Crippen MR) is 113 cm³/mol. The van der Waals surface area contributed by atoms with Gasteiger partial charge in [0.1, 0.15) is 6.23 Å². The largest absolute Gasteiger partial charge is 0.379 e. The third-order valence-corrected chi connectivity index (χ3v) is 8.03. The van der Waals surface area contributed by atoms with Gasteiger partial charge in [0.05, 0.1) is 31.6 Å². The van der Waals surface area contributed by atoms with Crippen molar-refractivity contribution in [2.45, 2.75) is 82.4 Å². The van der Waals surface area contributed by atoms with Crippen LogP contribution in [0, 0.1) is 11.8 Å². The number of hydrogen-bond donors (Lipinski definition) is 3. The predicted octanol–water partition coefficient (Wildman–Crippen LogP) is 1.47. The van der Waals surface area contributed by atoms with E-state index in [1.54, 1.807) is 0 Å². The first kappa shape index (κ1) is 20.6. The van der Waals surface area contributed by atoms with Crippen LogP contribution in [0.1, 0.15) is 57.8 Å². The second-order valence-corrected chi connectivity index (χ2v) is 9.91. The van der Waals surface area contributed by atoms with E-state index in [0.717, 1.165) is 38.8 Å². The molecule has 5 rings (SSSR count). The molecular formula is C22H41N5O2. The average Bonchev–Trinajstić information content (AvgIpc) is 3.45. The molecule has 0 radical (unpaired) electrons. The zero-order valence-electron chi connectivity index (χ0n) is 18.0. The maximum atomic E-state index is 6.15. The molecule has 1 saturated carbocycles. The highest BCUT2D eigenvalue weighted by atomic mass is 16.7. The van der Waals surface area contributed by atoms with Crippen molar-refractivity contribution in [1.29, 1.82) is 0 Å². The average molecular weight is 408 g/mol. The molecule has 0 aromatic carbocycles. The van der Waals surface area contributed by atoms with Crippen LogP contribution in [0.25, 0.3) is 0 Å². The molecule has 7 heteroatoms. The molecule has 5 fully saturated rings. The molecule has 4 heterocycles. The smallest absolute Gasteiger partial charge is 0.146 e. The molecule has 166 valence electrons. The third kappa shape index (κ3) is 4.97. The summed E-state index contributed by atoms with van der Waals surface area (Å²) in [5, 5.41) is 7.57. The van der Waals surface area contributed by atoms with Crippen LogP contribution in [0.5, 0.6) is 0 Å². The molecule has 5 aliphatic rings. The second kappa shape index (κ2) is 9.90. The van der Waals surface area contributed by atoms with Crippen molar-refractivity contribution in [1.82, 2.24) is 25.9 Å². The van der Waals surface area contributed by atoms with Gasteiger partial charge in [-0.2, -0.15) is 5.48 Å². The van der Waals surface area contributed by atoms with Gasteiger partial charge < -0.3 is 10.1 Å². The van der Waals surface area contributed by atoms with Crippen molar-refractivity contribution >= 4 is 0 Å². The summed E-state index contributed by atoms with van der Waals surface area (Å²) >= 11 is 0. The van der Waals surface area contributed by atoms with Crippen molar-refractivity contribution in [2.75, 3.05) is 45.9 Å². The standard InChI is InChI=1S/C22H41N5O2/c1-2-5-17(6-3-1)16-27-10-4-7-19(27)22-24-21(25-29-22)18-8-9-23-20(15-18)26-11-13-28-14-12-26/h17-25H,1-16H2/t18?,19-,20?,21?,22?/m0/s1. The van der Waals surface area contributed by atoms with Gasteiger partial charge in [-0.1, -0.05) is 19.3 Å². The molecule has 4 unspecified atom stereocenters. The Morgan fingerprint density at radius 2 is 1.76 bits per heavy atom. The van der Waals surface area contributed by atoms with E-state index in [-0.39, 0.29) is 12.4 Å². The van der Waals surface area contributed by atoms with Gasteiger partial charge in [0, 0.05) is 19.6 Å². The Balaban J connectivity index is 1.13. The molecule has 0 aromatic rings. The van der Waals surface area contributed by atoms with E-state index in [1.165, 1.54) is 70.9 Å². The van der Waals surface area contributed by atoms with Crippen LogP contribution < -0.4 is 16.1 Å². The summed E-state index contributed by atoms with van der Waals surface area (Å²) in [5.74, 6) is 1.52. The highest BCUT2D eigenvalue weighted by Crippen LogP contribution is 2.31. The number of rotatable bonds is 5. The molecule has 4 saturated heterocycles. The molecule has 4 aliphatic heterocycles. The summed E-state index contributed by atoms with van der Waals surface area (Å²) in [6.07, 6.45) is 13.0. The van der Waals surface area contributed by atoms with E-state index in [4.69, 9.17) is 9.57 Å². The van der Waals surface area contributed by atoms with E-state index >= 15 is 0 Å². The fourth-order valence-corrected chi connectivity index (χ4v) is 6.33. The lowest BCUT2D eigenvalue weighted by atomic mass is 9.88. The summed E-state index contributed by atoms with van der Waals surface area (Å²) in [4.78, 5) is 11.4. The fourth-order valence-electron chi connectivity index (χ4n) is 6.33. The number of piperidine rings is 1. The van der Waals surface area contributed by atoms with E-state index in [0.29, 0.717) is 18.1 Å². The van der Waals surface area contributed by atoms with E-state index in [9.17, 15) is 0 Å². The van der Waals surface area contributed by atoms with Crippen molar-refractivity contribution in [3.8, 4) is 0 Å². The zero-order valence-corrected chi connectivity index (χ0v) is 18.0. The Hall–Kier alpha value is -0.280. The van der Waals surface area contributed by atoms with Crippen LogP contribution >= 0.6 is 0 Å². The van der Waals surface area contributed by atoms with Crippen molar-refractivity contribution in [3.63, 3.8) is 0 Å². The molecule has 0 amide bonds. The summed E-state index contributed by atoms with van der Waals surface area (Å²) < 4.78 is 5.53. The normalized spacial score (nSPS) is 41.2. The second-order valence-electron chi connectivity index (χ2n) is 9.91. The lowest BCUT2D eigenvalue weighted by Gasteiger charge is -2.41. The van der Waals surface area contributed by atoms with Gasteiger partial charge >= 0.3 is 0 Å². The Morgan fingerprint density at radius 3 is 2.62 bits per heavy atom. The Kier molecular flexibility index (Phi) is 7.03.